The topological polar surface area (TPSA) is 164 Å². The lowest BCUT2D eigenvalue weighted by Gasteiger charge is -2.44. The van der Waals surface area contributed by atoms with Crippen molar-refractivity contribution in [2.45, 2.75) is 97.1 Å². The van der Waals surface area contributed by atoms with Crippen molar-refractivity contribution < 1.29 is 33.4 Å². The Hall–Kier alpha value is -4.98. The Labute approximate surface area is 394 Å². The van der Waals surface area contributed by atoms with Gasteiger partial charge < -0.3 is 29.0 Å². The second-order valence-corrected chi connectivity index (χ2v) is 20.9. The molecule has 3 radical (unpaired) electrons. The molecule has 66 heavy (non-hydrogen) atoms. The van der Waals surface area contributed by atoms with E-state index in [0.29, 0.717) is 69.2 Å². The first-order valence-corrected chi connectivity index (χ1v) is 24.3. The second kappa shape index (κ2) is 19.3. The Balaban J connectivity index is 1.16. The van der Waals surface area contributed by atoms with Crippen molar-refractivity contribution in [3.63, 3.8) is 0 Å². The summed E-state index contributed by atoms with van der Waals surface area (Å²) in [5, 5.41) is 7.22. The van der Waals surface area contributed by atoms with Crippen LogP contribution < -0.4 is 10.7 Å². The van der Waals surface area contributed by atoms with Crippen LogP contribution in [0.4, 0.5) is 4.79 Å². The highest BCUT2D eigenvalue weighted by Gasteiger charge is 2.39. The lowest BCUT2D eigenvalue weighted by atomic mass is 9.84. The number of methoxy groups -OCH3 is 1. The van der Waals surface area contributed by atoms with Crippen molar-refractivity contribution in [1.82, 2.24) is 45.0 Å². The number of hydrazine groups is 1. The molecular formula is C48H62N9O7SSi. The summed E-state index contributed by atoms with van der Waals surface area (Å²) in [7, 11) is 7.10. The number of nitrogens with zero attached hydrogens (tertiary/aromatic N) is 7. The number of allylic oxidation sites excluding steroid dienone is 1. The maximum atomic E-state index is 14.7. The largest absolute Gasteiger partial charge is 0.464 e. The van der Waals surface area contributed by atoms with E-state index in [-0.39, 0.29) is 30.8 Å². The number of benzene rings is 1. The molecule has 3 aromatic heterocycles. The van der Waals surface area contributed by atoms with E-state index in [1.54, 1.807) is 39.1 Å². The van der Waals surface area contributed by atoms with E-state index in [0.717, 1.165) is 57.8 Å². The number of rotatable bonds is 7. The van der Waals surface area contributed by atoms with Gasteiger partial charge in [-0.05, 0) is 82.4 Å². The van der Waals surface area contributed by atoms with Crippen LogP contribution in [0.25, 0.3) is 33.4 Å². The Kier molecular flexibility index (Phi) is 13.9. The van der Waals surface area contributed by atoms with E-state index in [1.165, 1.54) is 21.2 Å². The van der Waals surface area contributed by atoms with Gasteiger partial charge in [0.25, 0.3) is 11.8 Å². The molecule has 4 aliphatic heterocycles. The molecule has 1 aromatic carbocycles. The number of nitrogens with one attached hydrogen (secondary N) is 2. The molecule has 7 heterocycles. The zero-order valence-electron chi connectivity index (χ0n) is 39.4. The molecule has 3 fully saturated rings. The minimum atomic E-state index is -1.09. The molecule has 4 aliphatic rings. The van der Waals surface area contributed by atoms with Crippen LogP contribution >= 0.6 is 11.3 Å². The van der Waals surface area contributed by atoms with Crippen LogP contribution in [0.2, 0.25) is 0 Å². The van der Waals surface area contributed by atoms with Crippen LogP contribution in [0.3, 0.4) is 0 Å². The zero-order chi connectivity index (χ0) is 47.1. The van der Waals surface area contributed by atoms with Gasteiger partial charge in [0.15, 0.2) is 0 Å². The Morgan fingerprint density at radius 3 is 2.71 bits per heavy atom. The van der Waals surface area contributed by atoms with Crippen LogP contribution in [0.1, 0.15) is 70.6 Å². The molecular weight excluding hydrogens is 875 g/mol. The van der Waals surface area contributed by atoms with E-state index < -0.39 is 40.5 Å². The average Bonchev–Trinajstić information content (AvgIpc) is 3.91. The summed E-state index contributed by atoms with van der Waals surface area (Å²) in [6, 6.07) is 8.30. The Morgan fingerprint density at radius 1 is 1.15 bits per heavy atom. The van der Waals surface area contributed by atoms with Gasteiger partial charge in [0.2, 0.25) is 0 Å². The number of pyridine rings is 1. The number of hydrogen-bond donors (Lipinski definition) is 2. The lowest BCUT2D eigenvalue weighted by molar-refractivity contribution is -0.155. The molecule has 4 amide bonds. The third kappa shape index (κ3) is 9.58. The summed E-state index contributed by atoms with van der Waals surface area (Å²) in [5.74, 6) is -1.44. The van der Waals surface area contributed by atoms with Gasteiger partial charge in [-0.2, -0.15) is 0 Å². The molecule has 0 spiro atoms. The molecule has 4 atom stereocenters. The van der Waals surface area contributed by atoms with Crippen LogP contribution in [-0.4, -0.2) is 153 Å². The Bertz CT molecular complexity index is 2530. The van der Waals surface area contributed by atoms with E-state index >= 15 is 0 Å². The monoisotopic (exact) mass is 936 g/mol. The standard InChI is InChI=1S/C48H62N9O7SSi/c1-9-56-38-15-14-30-22-33(38)34(41(56)32-12-10-16-49-42(32)48(6,66)62-8)24-47(4,5)28-64-45(60)35-13-11-17-57(52-35)44(59)36(23-39-50-37(30)27-65-39)51-43(58)40(29(2)3)53(7)46(61)55-19-18-54-20-21-63-26-31(54)25-55/h10,12,14-16,22,27,31,35-36,52H,9,11,13,17-21,23-26,28H2,1-8H3,(H,51,58)/t31?,35-,36-,48+/m0/s1. The molecule has 3 saturated heterocycles. The number of likely N-dealkylation sites (N-methyl/N-ethyl adjacent to an activating group) is 1. The summed E-state index contributed by atoms with van der Waals surface area (Å²) < 4.78 is 20.0. The van der Waals surface area contributed by atoms with Gasteiger partial charge in [-0.3, -0.25) is 34.2 Å². The number of carbonyl (C=O) groups excluding carboxylic acids is 4. The van der Waals surface area contributed by atoms with Gasteiger partial charge in [-0.25, -0.2) is 15.2 Å². The minimum absolute atomic E-state index is 0.0757. The van der Waals surface area contributed by atoms with Gasteiger partial charge in [0.1, 0.15) is 17.8 Å². The molecule has 2 N–H and O–H groups in total. The molecule has 8 rings (SSSR count). The van der Waals surface area contributed by atoms with Crippen molar-refractivity contribution in [2.24, 2.45) is 5.41 Å². The molecule has 16 nitrogen and oxygen atoms in total. The van der Waals surface area contributed by atoms with Crippen molar-refractivity contribution in [3.8, 4) is 22.5 Å². The highest BCUT2D eigenvalue weighted by Crippen LogP contribution is 2.42. The zero-order valence-corrected chi connectivity index (χ0v) is 41.2. The molecule has 0 saturated carbocycles. The number of aryl methyl sites for hydroxylation is 1. The predicted octanol–water partition coefficient (Wildman–Crippen LogP) is 4.84. The number of hydrogen-bond acceptors (Lipinski definition) is 12. The number of urea groups is 1. The summed E-state index contributed by atoms with van der Waals surface area (Å²) >= 11 is 1.41. The minimum Gasteiger partial charge on any atom is -0.464 e. The van der Waals surface area contributed by atoms with Crippen LogP contribution in [-0.2, 0) is 53.2 Å². The third-order valence-electron chi connectivity index (χ3n) is 13.3. The Morgan fingerprint density at radius 2 is 1.95 bits per heavy atom. The lowest BCUT2D eigenvalue weighted by Crippen LogP contribution is -2.61. The van der Waals surface area contributed by atoms with Gasteiger partial charge in [-0.1, -0.05) is 19.9 Å². The van der Waals surface area contributed by atoms with Gasteiger partial charge in [-0.15, -0.1) is 11.3 Å². The smallest absolute Gasteiger partial charge is 0.324 e. The summed E-state index contributed by atoms with van der Waals surface area (Å²) in [5.41, 5.74) is 9.82. The number of esters is 1. The molecule has 1 unspecified atom stereocenters. The number of fused-ring (bicyclic) bond motifs is 7. The van der Waals surface area contributed by atoms with E-state index in [1.807, 2.05) is 18.4 Å². The first-order valence-electron chi connectivity index (χ1n) is 22.9. The highest BCUT2D eigenvalue weighted by atomic mass is 32.1. The number of carbonyl (C=O) groups is 4. The summed E-state index contributed by atoms with van der Waals surface area (Å²) in [6.07, 6.45) is 3.42. The van der Waals surface area contributed by atoms with Gasteiger partial charge in [0.05, 0.1) is 63.4 Å². The summed E-state index contributed by atoms with van der Waals surface area (Å²) in [4.78, 5) is 72.5. The quantitative estimate of drug-likeness (QED) is 0.148. The predicted molar refractivity (Wildman–Crippen MR) is 253 cm³/mol. The SMILES string of the molecule is CCn1c(-c2cccnc2[C@@](C)([Si])OC)c2c3cc(ccc31)-c1csc(n1)C[C@H](NC(=O)C(=C(C)C)N(C)C(=O)N1CCN3CCOCC3C1)C(=O)N1CCC[C@H](N1)C(=O)OCC(C)(C)C2. The van der Waals surface area contributed by atoms with Crippen LogP contribution in [0.5, 0.6) is 0 Å². The number of morpholine rings is 1. The van der Waals surface area contributed by atoms with Crippen LogP contribution in [0, 0.1) is 5.41 Å². The van der Waals surface area contributed by atoms with Crippen molar-refractivity contribution in [2.75, 3.05) is 66.7 Å². The molecule has 6 bridgehead atoms. The fourth-order valence-corrected chi connectivity index (χ4v) is 10.8. The maximum Gasteiger partial charge on any atom is 0.324 e. The number of piperazine rings is 1. The van der Waals surface area contributed by atoms with E-state index in [9.17, 15) is 19.2 Å². The number of thiazole rings is 1. The second-order valence-electron chi connectivity index (χ2n) is 19.0. The maximum absolute atomic E-state index is 14.7. The fourth-order valence-electron chi connectivity index (χ4n) is 9.75. The number of cyclic esters (lactones) is 1. The first kappa shape index (κ1) is 47.5. The number of amides is 4. The van der Waals surface area contributed by atoms with Crippen molar-refractivity contribution >= 4 is 56.3 Å². The molecule has 4 aromatic rings. The van der Waals surface area contributed by atoms with Crippen molar-refractivity contribution in [3.05, 3.63) is 69.4 Å². The van der Waals surface area contributed by atoms with E-state index in [4.69, 9.17) is 24.2 Å². The van der Waals surface area contributed by atoms with E-state index in [2.05, 4.69) is 75.5 Å². The number of aromatic nitrogens is 3. The fraction of sp³-hybridized carbons (Fsp3) is 0.542. The summed E-state index contributed by atoms with van der Waals surface area (Å²) in [6.45, 7) is 16.7. The normalized spacial score (nSPS) is 22.5. The van der Waals surface area contributed by atoms with Crippen LogP contribution in [0.15, 0.2) is 53.2 Å². The highest BCUT2D eigenvalue weighted by molar-refractivity contribution is 7.10. The van der Waals surface area contributed by atoms with Gasteiger partial charge in [0, 0.05) is 98.9 Å². The first-order chi connectivity index (χ1) is 31.5. The number of ether oxygens (including phenoxy) is 3. The molecule has 351 valence electrons. The molecule has 0 aliphatic carbocycles. The third-order valence-corrected chi connectivity index (χ3v) is 14.6. The average molecular weight is 937 g/mol. The van der Waals surface area contributed by atoms with Crippen molar-refractivity contribution in [1.29, 1.82) is 0 Å². The molecule has 18 heteroatoms. The van der Waals surface area contributed by atoms with Gasteiger partial charge >= 0.3 is 12.0 Å².